The minimum absolute atomic E-state index is 0.150. The van der Waals surface area contributed by atoms with Gasteiger partial charge in [-0.15, -0.1) is 11.6 Å². The van der Waals surface area contributed by atoms with Crippen LogP contribution in [0.5, 0.6) is 0 Å². The van der Waals surface area contributed by atoms with Crippen molar-refractivity contribution in [2.24, 2.45) is 0 Å². The van der Waals surface area contributed by atoms with Gasteiger partial charge in [-0.3, -0.25) is 4.79 Å². The molecule has 15 heavy (non-hydrogen) atoms. The van der Waals surface area contributed by atoms with Crippen LogP contribution in [-0.4, -0.2) is 42.4 Å². The van der Waals surface area contributed by atoms with E-state index in [2.05, 4.69) is 24.2 Å². The molecule has 0 radical (unpaired) electrons. The minimum atomic E-state index is 0.150. The molecule has 0 aromatic rings. The van der Waals surface area contributed by atoms with Crippen molar-refractivity contribution in [3.8, 4) is 0 Å². The quantitative estimate of drug-likeness (QED) is 0.747. The van der Waals surface area contributed by atoms with E-state index in [9.17, 15) is 4.79 Å². The Kier molecular flexibility index (Phi) is 5.40. The minimum Gasteiger partial charge on any atom is -0.353 e. The summed E-state index contributed by atoms with van der Waals surface area (Å²) in [7, 11) is 2.14. The molecule has 0 spiro atoms. The van der Waals surface area contributed by atoms with Crippen LogP contribution < -0.4 is 5.32 Å². The van der Waals surface area contributed by atoms with Crippen LogP contribution in [-0.2, 0) is 4.79 Å². The van der Waals surface area contributed by atoms with Gasteiger partial charge in [0.15, 0.2) is 0 Å². The summed E-state index contributed by atoms with van der Waals surface area (Å²) in [6.45, 7) is 3.28. The molecular weight excluding hydrogens is 212 g/mol. The topological polar surface area (TPSA) is 32.3 Å². The highest BCUT2D eigenvalue weighted by Crippen LogP contribution is 2.15. The van der Waals surface area contributed by atoms with Crippen LogP contribution in [0.15, 0.2) is 0 Å². The molecule has 88 valence electrons. The van der Waals surface area contributed by atoms with Gasteiger partial charge in [0, 0.05) is 30.9 Å². The van der Waals surface area contributed by atoms with Gasteiger partial charge in [-0.1, -0.05) is 0 Å². The largest absolute Gasteiger partial charge is 0.353 e. The van der Waals surface area contributed by atoms with Crippen molar-refractivity contribution in [2.45, 2.75) is 44.7 Å². The first-order valence-electron chi connectivity index (χ1n) is 5.69. The standard InChI is InChI=1S/C11H21ClN2O/c1-9-8-10(5-7-14(9)2)13-11(15)4-3-6-12/h9-10H,3-8H2,1-2H3,(H,13,15). The molecule has 3 nitrogen and oxygen atoms in total. The second-order valence-corrected chi connectivity index (χ2v) is 4.79. The Labute approximate surface area is 97.2 Å². The first-order valence-corrected chi connectivity index (χ1v) is 6.22. The Balaban J connectivity index is 2.24. The molecule has 1 saturated heterocycles. The first kappa shape index (κ1) is 12.8. The molecule has 2 unspecified atom stereocenters. The van der Waals surface area contributed by atoms with Crippen LogP contribution in [0.2, 0.25) is 0 Å². The molecule has 1 N–H and O–H groups in total. The average Bonchev–Trinajstić information content (AvgIpc) is 2.20. The van der Waals surface area contributed by atoms with Gasteiger partial charge in [0.2, 0.25) is 5.91 Å². The third-order valence-corrected chi connectivity index (χ3v) is 3.38. The van der Waals surface area contributed by atoms with Crippen LogP contribution in [0, 0.1) is 0 Å². The Bertz CT molecular complexity index is 211. The van der Waals surface area contributed by atoms with Crippen molar-refractivity contribution in [3.63, 3.8) is 0 Å². The number of likely N-dealkylation sites (tertiary alicyclic amines) is 1. The van der Waals surface area contributed by atoms with Crippen LogP contribution in [0.1, 0.15) is 32.6 Å². The number of hydrogen-bond donors (Lipinski definition) is 1. The van der Waals surface area contributed by atoms with E-state index in [0.717, 1.165) is 25.8 Å². The molecule has 0 bridgehead atoms. The Morgan fingerprint density at radius 2 is 2.33 bits per heavy atom. The number of alkyl halides is 1. The van der Waals surface area contributed by atoms with Crippen molar-refractivity contribution in [1.82, 2.24) is 10.2 Å². The summed E-state index contributed by atoms with van der Waals surface area (Å²) in [5.74, 6) is 0.717. The van der Waals surface area contributed by atoms with Crippen LogP contribution in [0.3, 0.4) is 0 Å². The summed E-state index contributed by atoms with van der Waals surface area (Å²) in [5.41, 5.74) is 0. The second-order valence-electron chi connectivity index (χ2n) is 4.41. The lowest BCUT2D eigenvalue weighted by Gasteiger charge is -2.35. The summed E-state index contributed by atoms with van der Waals surface area (Å²) in [6.07, 6.45) is 3.45. The normalized spacial score (nSPS) is 27.7. The van der Waals surface area contributed by atoms with E-state index >= 15 is 0 Å². The van der Waals surface area contributed by atoms with Crippen molar-refractivity contribution < 1.29 is 4.79 Å². The van der Waals surface area contributed by atoms with Gasteiger partial charge in [0.1, 0.15) is 0 Å². The highest BCUT2D eigenvalue weighted by molar-refractivity contribution is 6.17. The maximum Gasteiger partial charge on any atom is 0.220 e. The summed E-state index contributed by atoms with van der Waals surface area (Å²) < 4.78 is 0. The van der Waals surface area contributed by atoms with E-state index in [-0.39, 0.29) is 5.91 Å². The van der Waals surface area contributed by atoms with Gasteiger partial charge in [0.25, 0.3) is 0 Å². The third kappa shape index (κ3) is 4.39. The fourth-order valence-corrected chi connectivity index (χ4v) is 2.08. The number of carbonyl (C=O) groups is 1. The van der Waals surface area contributed by atoms with Gasteiger partial charge in [0.05, 0.1) is 0 Å². The molecule has 1 amide bonds. The average molecular weight is 233 g/mol. The molecule has 1 aliphatic rings. The van der Waals surface area contributed by atoms with Gasteiger partial charge in [-0.2, -0.15) is 0 Å². The molecule has 0 aromatic carbocycles. The maximum atomic E-state index is 11.5. The summed E-state index contributed by atoms with van der Waals surface area (Å²) in [4.78, 5) is 13.8. The van der Waals surface area contributed by atoms with Crippen molar-refractivity contribution in [1.29, 1.82) is 0 Å². The van der Waals surface area contributed by atoms with E-state index in [4.69, 9.17) is 11.6 Å². The van der Waals surface area contributed by atoms with Crippen molar-refractivity contribution in [3.05, 3.63) is 0 Å². The first-order chi connectivity index (χ1) is 7.13. The molecule has 0 saturated carbocycles. The van der Waals surface area contributed by atoms with E-state index in [1.54, 1.807) is 0 Å². The number of hydrogen-bond acceptors (Lipinski definition) is 2. The van der Waals surface area contributed by atoms with Gasteiger partial charge in [-0.05, 0) is 33.2 Å². The highest BCUT2D eigenvalue weighted by Gasteiger charge is 2.23. The second kappa shape index (κ2) is 6.33. The SMILES string of the molecule is CC1CC(NC(=O)CCCCl)CCN1C. The lowest BCUT2D eigenvalue weighted by atomic mass is 9.99. The molecule has 1 rings (SSSR count). The zero-order chi connectivity index (χ0) is 11.3. The van der Waals surface area contributed by atoms with Crippen molar-refractivity contribution in [2.75, 3.05) is 19.5 Å². The molecule has 0 aliphatic carbocycles. The smallest absolute Gasteiger partial charge is 0.220 e. The highest BCUT2D eigenvalue weighted by atomic mass is 35.5. The van der Waals surface area contributed by atoms with Gasteiger partial charge >= 0.3 is 0 Å². The van der Waals surface area contributed by atoms with Gasteiger partial charge in [-0.25, -0.2) is 0 Å². The molecule has 1 fully saturated rings. The monoisotopic (exact) mass is 232 g/mol. The summed E-state index contributed by atoms with van der Waals surface area (Å²) in [5, 5.41) is 3.08. The number of halogens is 1. The molecule has 4 heteroatoms. The molecular formula is C11H21ClN2O. The number of nitrogens with one attached hydrogen (secondary N) is 1. The number of nitrogens with zero attached hydrogens (tertiary/aromatic N) is 1. The lowest BCUT2D eigenvalue weighted by molar-refractivity contribution is -0.122. The number of piperidine rings is 1. The molecule has 1 heterocycles. The number of amides is 1. The van der Waals surface area contributed by atoms with Crippen LogP contribution >= 0.6 is 11.6 Å². The predicted molar refractivity (Wildman–Crippen MR) is 63.2 cm³/mol. The molecule has 2 atom stereocenters. The number of rotatable bonds is 4. The third-order valence-electron chi connectivity index (χ3n) is 3.11. The van der Waals surface area contributed by atoms with Crippen LogP contribution in [0.25, 0.3) is 0 Å². The van der Waals surface area contributed by atoms with E-state index in [1.165, 1.54) is 0 Å². The van der Waals surface area contributed by atoms with Crippen LogP contribution in [0.4, 0.5) is 0 Å². The maximum absolute atomic E-state index is 11.5. The lowest BCUT2D eigenvalue weighted by Crippen LogP contribution is -2.47. The Morgan fingerprint density at radius 3 is 2.93 bits per heavy atom. The summed E-state index contributed by atoms with van der Waals surface area (Å²) >= 11 is 5.54. The zero-order valence-corrected chi connectivity index (χ0v) is 10.4. The fourth-order valence-electron chi connectivity index (χ4n) is 1.95. The van der Waals surface area contributed by atoms with Gasteiger partial charge < -0.3 is 10.2 Å². The van der Waals surface area contributed by atoms with Crippen molar-refractivity contribution >= 4 is 17.5 Å². The number of carbonyl (C=O) groups excluding carboxylic acids is 1. The zero-order valence-electron chi connectivity index (χ0n) is 9.63. The predicted octanol–water partition coefficient (Wildman–Crippen LogP) is 1.60. The fraction of sp³-hybridized carbons (Fsp3) is 0.909. The molecule has 1 aliphatic heterocycles. The Hall–Kier alpha value is -0.280. The molecule has 0 aromatic heterocycles. The van der Waals surface area contributed by atoms with E-state index < -0.39 is 0 Å². The Morgan fingerprint density at radius 1 is 1.60 bits per heavy atom. The van der Waals surface area contributed by atoms with E-state index in [1.807, 2.05) is 0 Å². The summed E-state index contributed by atoms with van der Waals surface area (Å²) in [6, 6.07) is 0.927. The van der Waals surface area contributed by atoms with E-state index in [0.29, 0.717) is 24.4 Å².